The van der Waals surface area contributed by atoms with E-state index in [0.717, 1.165) is 12.2 Å². The molecule has 2 nitrogen and oxygen atoms in total. The lowest BCUT2D eigenvalue weighted by atomic mass is 10.0. The van der Waals surface area contributed by atoms with E-state index >= 15 is 0 Å². The van der Waals surface area contributed by atoms with E-state index in [1.165, 1.54) is 22.3 Å². The summed E-state index contributed by atoms with van der Waals surface area (Å²) in [6.07, 6.45) is 1.85. The molecule has 0 saturated heterocycles. The summed E-state index contributed by atoms with van der Waals surface area (Å²) < 4.78 is 0. The van der Waals surface area contributed by atoms with Crippen LogP contribution in [0.5, 0.6) is 0 Å². The van der Waals surface area contributed by atoms with Gasteiger partial charge in [-0.25, -0.2) is 0 Å². The lowest BCUT2D eigenvalue weighted by Gasteiger charge is -2.16. The highest BCUT2D eigenvalue weighted by Gasteiger charge is 2.07. The number of nitrogens with zero attached hydrogens (tertiary/aromatic N) is 1. The predicted octanol–water partition coefficient (Wildman–Crippen LogP) is 3.86. The summed E-state index contributed by atoms with van der Waals surface area (Å²) in [7, 11) is 0. The van der Waals surface area contributed by atoms with E-state index in [0.29, 0.717) is 6.04 Å². The van der Waals surface area contributed by atoms with Gasteiger partial charge >= 0.3 is 0 Å². The molecule has 1 unspecified atom stereocenters. The van der Waals surface area contributed by atoms with Crippen LogP contribution in [0.4, 0.5) is 0 Å². The molecule has 1 aromatic heterocycles. The Hall–Kier alpha value is -1.67. The van der Waals surface area contributed by atoms with Gasteiger partial charge in [-0.3, -0.25) is 4.98 Å². The van der Waals surface area contributed by atoms with Crippen LogP contribution >= 0.6 is 0 Å². The Bertz CT molecular complexity index is 541. The number of rotatable bonds is 4. The van der Waals surface area contributed by atoms with Crippen molar-refractivity contribution < 1.29 is 0 Å². The molecule has 0 radical (unpaired) electrons. The van der Waals surface area contributed by atoms with Crippen LogP contribution in [0.1, 0.15) is 40.9 Å². The van der Waals surface area contributed by atoms with Gasteiger partial charge in [0.05, 0.1) is 5.69 Å². The summed E-state index contributed by atoms with van der Waals surface area (Å²) in [5.74, 6) is 0. The van der Waals surface area contributed by atoms with Crippen molar-refractivity contribution in [2.24, 2.45) is 0 Å². The van der Waals surface area contributed by atoms with Gasteiger partial charge in [0.15, 0.2) is 0 Å². The van der Waals surface area contributed by atoms with Gasteiger partial charge in [-0.15, -0.1) is 0 Å². The van der Waals surface area contributed by atoms with E-state index in [2.05, 4.69) is 62.3 Å². The minimum atomic E-state index is 0.333. The van der Waals surface area contributed by atoms with Crippen molar-refractivity contribution in [1.29, 1.82) is 0 Å². The van der Waals surface area contributed by atoms with E-state index in [9.17, 15) is 0 Å². The Morgan fingerprint density at radius 1 is 1.11 bits per heavy atom. The molecular weight excluding hydrogens is 232 g/mol. The number of aromatic nitrogens is 1. The molecule has 1 aromatic carbocycles. The average Bonchev–Trinajstić information content (AvgIpc) is 2.36. The second-order valence-corrected chi connectivity index (χ2v) is 5.29. The summed E-state index contributed by atoms with van der Waals surface area (Å²) in [6, 6.07) is 11.1. The fourth-order valence-corrected chi connectivity index (χ4v) is 2.33. The van der Waals surface area contributed by atoms with Gasteiger partial charge in [0.1, 0.15) is 0 Å². The summed E-state index contributed by atoms with van der Waals surface area (Å²) in [5.41, 5.74) is 6.34. The van der Waals surface area contributed by atoms with Crippen molar-refractivity contribution >= 4 is 0 Å². The van der Waals surface area contributed by atoms with E-state index in [-0.39, 0.29) is 0 Å². The Morgan fingerprint density at radius 2 is 1.79 bits per heavy atom. The van der Waals surface area contributed by atoms with Crippen LogP contribution in [0.3, 0.4) is 0 Å². The Balaban J connectivity index is 2.05. The van der Waals surface area contributed by atoms with Crippen molar-refractivity contribution in [1.82, 2.24) is 10.3 Å². The molecule has 0 spiro atoms. The maximum Gasteiger partial charge on any atom is 0.0570 e. The quantitative estimate of drug-likeness (QED) is 0.896. The monoisotopic (exact) mass is 254 g/mol. The zero-order valence-corrected chi connectivity index (χ0v) is 12.2. The first-order valence-corrected chi connectivity index (χ1v) is 6.78. The molecule has 2 aromatic rings. The van der Waals surface area contributed by atoms with Crippen LogP contribution in [0.2, 0.25) is 0 Å². The smallest absolute Gasteiger partial charge is 0.0570 e. The average molecular weight is 254 g/mol. The maximum atomic E-state index is 4.42. The molecule has 100 valence electrons. The Morgan fingerprint density at radius 3 is 2.42 bits per heavy atom. The third-order valence-corrected chi connectivity index (χ3v) is 3.44. The minimum Gasteiger partial charge on any atom is -0.305 e. The molecule has 2 rings (SSSR count). The van der Waals surface area contributed by atoms with Crippen LogP contribution < -0.4 is 5.32 Å². The molecule has 19 heavy (non-hydrogen) atoms. The van der Waals surface area contributed by atoms with Gasteiger partial charge in [-0.2, -0.15) is 0 Å². The molecular formula is C17H22N2. The molecule has 1 atom stereocenters. The topological polar surface area (TPSA) is 24.9 Å². The fraction of sp³-hybridized carbons (Fsp3) is 0.353. The zero-order chi connectivity index (χ0) is 13.8. The number of aryl methyl sites for hydroxylation is 3. The standard InChI is InChI=1S/C17H22N2/c1-12-8-13(2)10-16(9-12)15(4)19-11-17-14(3)6-5-7-18-17/h5-10,15,19H,11H2,1-4H3. The van der Waals surface area contributed by atoms with Gasteiger partial charge in [0, 0.05) is 18.8 Å². The van der Waals surface area contributed by atoms with Crippen LogP contribution in [-0.4, -0.2) is 4.98 Å². The first-order valence-electron chi connectivity index (χ1n) is 6.78. The normalized spacial score (nSPS) is 12.4. The number of hydrogen-bond donors (Lipinski definition) is 1. The fourth-order valence-electron chi connectivity index (χ4n) is 2.33. The van der Waals surface area contributed by atoms with Crippen molar-refractivity contribution in [3.63, 3.8) is 0 Å². The van der Waals surface area contributed by atoms with Crippen LogP contribution in [0.25, 0.3) is 0 Å². The van der Waals surface area contributed by atoms with Crippen LogP contribution in [0.15, 0.2) is 36.5 Å². The minimum absolute atomic E-state index is 0.333. The van der Waals surface area contributed by atoms with Crippen molar-refractivity contribution in [3.05, 3.63) is 64.5 Å². The molecule has 0 amide bonds. The number of benzene rings is 1. The Kier molecular flexibility index (Phi) is 4.33. The van der Waals surface area contributed by atoms with E-state index in [4.69, 9.17) is 0 Å². The Labute approximate surface area is 115 Å². The van der Waals surface area contributed by atoms with Crippen LogP contribution in [-0.2, 0) is 6.54 Å². The molecule has 1 N–H and O–H groups in total. The van der Waals surface area contributed by atoms with Gasteiger partial charge in [-0.1, -0.05) is 35.4 Å². The van der Waals surface area contributed by atoms with Crippen molar-refractivity contribution in [2.75, 3.05) is 0 Å². The number of hydrogen-bond acceptors (Lipinski definition) is 2. The summed E-state index contributed by atoms with van der Waals surface area (Å²) in [5, 5.41) is 3.55. The van der Waals surface area contributed by atoms with Gasteiger partial charge in [0.25, 0.3) is 0 Å². The third kappa shape index (κ3) is 3.65. The highest BCUT2D eigenvalue weighted by atomic mass is 14.9. The molecule has 0 fully saturated rings. The highest BCUT2D eigenvalue weighted by molar-refractivity contribution is 5.30. The molecule has 0 saturated carbocycles. The predicted molar refractivity (Wildman–Crippen MR) is 80.1 cm³/mol. The highest BCUT2D eigenvalue weighted by Crippen LogP contribution is 2.17. The number of pyridine rings is 1. The summed E-state index contributed by atoms with van der Waals surface area (Å²) in [6.45, 7) is 9.40. The molecule has 0 bridgehead atoms. The summed E-state index contributed by atoms with van der Waals surface area (Å²) in [4.78, 5) is 4.42. The van der Waals surface area contributed by atoms with Crippen LogP contribution in [0, 0.1) is 20.8 Å². The van der Waals surface area contributed by atoms with Crippen molar-refractivity contribution in [2.45, 2.75) is 40.3 Å². The first-order chi connectivity index (χ1) is 9.06. The lowest BCUT2D eigenvalue weighted by molar-refractivity contribution is 0.565. The molecule has 0 aliphatic heterocycles. The van der Waals surface area contributed by atoms with Gasteiger partial charge in [-0.05, 0) is 44.9 Å². The zero-order valence-electron chi connectivity index (χ0n) is 12.2. The summed E-state index contributed by atoms with van der Waals surface area (Å²) >= 11 is 0. The van der Waals surface area contributed by atoms with E-state index < -0.39 is 0 Å². The molecule has 2 heteroatoms. The lowest BCUT2D eigenvalue weighted by Crippen LogP contribution is -2.19. The molecule has 1 heterocycles. The number of nitrogens with one attached hydrogen (secondary N) is 1. The van der Waals surface area contributed by atoms with E-state index in [1.54, 1.807) is 0 Å². The first kappa shape index (κ1) is 13.8. The SMILES string of the molecule is Cc1cc(C)cc(C(C)NCc2ncccc2C)c1. The van der Waals surface area contributed by atoms with Gasteiger partial charge in [0.2, 0.25) is 0 Å². The molecule has 0 aliphatic rings. The third-order valence-electron chi connectivity index (χ3n) is 3.44. The van der Waals surface area contributed by atoms with Gasteiger partial charge < -0.3 is 5.32 Å². The van der Waals surface area contributed by atoms with Crippen molar-refractivity contribution in [3.8, 4) is 0 Å². The maximum absolute atomic E-state index is 4.42. The molecule has 0 aliphatic carbocycles. The van der Waals surface area contributed by atoms with E-state index in [1.807, 2.05) is 12.3 Å². The second kappa shape index (κ2) is 5.98. The second-order valence-electron chi connectivity index (χ2n) is 5.29. The largest absolute Gasteiger partial charge is 0.305 e.